The van der Waals surface area contributed by atoms with E-state index in [9.17, 15) is 5.11 Å². The third-order valence-electron chi connectivity index (χ3n) is 8.81. The molecule has 0 aromatic carbocycles. The molecule has 3 heteroatoms. The van der Waals surface area contributed by atoms with Gasteiger partial charge in [-0.25, -0.2) is 0 Å². The molecule has 3 aliphatic carbocycles. The summed E-state index contributed by atoms with van der Waals surface area (Å²) in [5.74, 6) is 2.28. The standard InChI is InChI=1S/C29H49NO2/c1-21-10-13-25(32-19-18-30)20-24(21)12-11-23-9-7-17-29(5)26(14-15-27(23)29)22(2)8-6-16-28(3,4)31/h11-12,22,25-27,31H,1,6-10,13-20,30H2,2-5H3/b23-11+,24-12-/t22-,25+,26-,27?,29-/m1/s1. The van der Waals surface area contributed by atoms with Gasteiger partial charge in [0, 0.05) is 6.54 Å². The second kappa shape index (κ2) is 11.0. The summed E-state index contributed by atoms with van der Waals surface area (Å²) in [7, 11) is 0. The van der Waals surface area contributed by atoms with Crippen LogP contribution in [-0.4, -0.2) is 30.0 Å². The summed E-state index contributed by atoms with van der Waals surface area (Å²) < 4.78 is 5.94. The van der Waals surface area contributed by atoms with Crippen molar-refractivity contribution in [3.8, 4) is 0 Å². The van der Waals surface area contributed by atoms with Crippen molar-refractivity contribution in [2.45, 2.75) is 110 Å². The molecule has 0 heterocycles. The Morgan fingerprint density at radius 2 is 2.03 bits per heavy atom. The van der Waals surface area contributed by atoms with Crippen LogP contribution in [0.4, 0.5) is 0 Å². The molecule has 5 atom stereocenters. The van der Waals surface area contributed by atoms with Gasteiger partial charge < -0.3 is 15.6 Å². The van der Waals surface area contributed by atoms with Crippen molar-refractivity contribution in [2.24, 2.45) is 28.9 Å². The summed E-state index contributed by atoms with van der Waals surface area (Å²) in [6.07, 6.45) is 18.1. The molecule has 3 saturated carbocycles. The van der Waals surface area contributed by atoms with Crippen LogP contribution in [0.15, 0.2) is 35.5 Å². The molecule has 0 bridgehead atoms. The van der Waals surface area contributed by atoms with Gasteiger partial charge in [0.15, 0.2) is 0 Å². The lowest BCUT2D eigenvalue weighted by molar-refractivity contribution is 0.0493. The Kier molecular flexibility index (Phi) is 8.85. The van der Waals surface area contributed by atoms with Crippen LogP contribution in [-0.2, 0) is 4.74 Å². The highest BCUT2D eigenvalue weighted by Crippen LogP contribution is 2.60. The van der Waals surface area contributed by atoms with E-state index < -0.39 is 5.60 Å². The smallest absolute Gasteiger partial charge is 0.0619 e. The Labute approximate surface area is 197 Å². The first-order valence-corrected chi connectivity index (χ1v) is 13.3. The van der Waals surface area contributed by atoms with E-state index in [1.807, 2.05) is 13.8 Å². The van der Waals surface area contributed by atoms with Gasteiger partial charge in [-0.15, -0.1) is 0 Å². The largest absolute Gasteiger partial charge is 0.390 e. The maximum atomic E-state index is 10.1. The zero-order chi connectivity index (χ0) is 23.4. The maximum absolute atomic E-state index is 10.1. The summed E-state index contributed by atoms with van der Waals surface area (Å²) in [6.45, 7) is 14.5. The average molecular weight is 444 g/mol. The van der Waals surface area contributed by atoms with Crippen molar-refractivity contribution >= 4 is 0 Å². The molecule has 0 aliphatic heterocycles. The minimum Gasteiger partial charge on any atom is -0.390 e. The lowest BCUT2D eigenvalue weighted by atomic mass is 9.60. The number of hydrogen-bond donors (Lipinski definition) is 2. The molecule has 3 nitrogen and oxygen atoms in total. The van der Waals surface area contributed by atoms with E-state index in [4.69, 9.17) is 10.5 Å². The van der Waals surface area contributed by atoms with Gasteiger partial charge in [0.2, 0.25) is 0 Å². The third-order valence-corrected chi connectivity index (χ3v) is 8.81. The van der Waals surface area contributed by atoms with Crippen molar-refractivity contribution in [3.63, 3.8) is 0 Å². The molecule has 182 valence electrons. The number of nitrogens with two attached hydrogens (primary N) is 1. The molecule has 0 aromatic rings. The first kappa shape index (κ1) is 25.7. The highest BCUT2D eigenvalue weighted by molar-refractivity contribution is 5.36. The molecule has 0 spiro atoms. The highest BCUT2D eigenvalue weighted by Gasteiger charge is 2.50. The molecular formula is C29H49NO2. The number of hydrogen-bond acceptors (Lipinski definition) is 3. The Balaban J connectivity index is 1.66. The van der Waals surface area contributed by atoms with E-state index in [-0.39, 0.29) is 0 Å². The second-order valence-corrected chi connectivity index (χ2v) is 11.8. The summed E-state index contributed by atoms with van der Waals surface area (Å²) in [5.41, 5.74) is 9.88. The van der Waals surface area contributed by atoms with Gasteiger partial charge in [0.05, 0.1) is 18.3 Å². The van der Waals surface area contributed by atoms with E-state index in [1.54, 1.807) is 5.57 Å². The van der Waals surface area contributed by atoms with Gasteiger partial charge in [0.25, 0.3) is 0 Å². The number of ether oxygens (including phenoxy) is 1. The van der Waals surface area contributed by atoms with Gasteiger partial charge >= 0.3 is 0 Å². The van der Waals surface area contributed by atoms with Gasteiger partial charge in [0.1, 0.15) is 0 Å². The van der Waals surface area contributed by atoms with Crippen LogP contribution >= 0.6 is 0 Å². The van der Waals surface area contributed by atoms with Crippen molar-refractivity contribution in [1.29, 1.82) is 0 Å². The Morgan fingerprint density at radius 1 is 1.25 bits per heavy atom. The summed E-state index contributed by atoms with van der Waals surface area (Å²) in [4.78, 5) is 0. The Bertz CT molecular complexity index is 700. The van der Waals surface area contributed by atoms with Crippen molar-refractivity contribution in [2.75, 3.05) is 13.2 Å². The zero-order valence-corrected chi connectivity index (χ0v) is 21.3. The minimum atomic E-state index is -0.534. The van der Waals surface area contributed by atoms with E-state index in [0.717, 1.165) is 49.9 Å². The van der Waals surface area contributed by atoms with Crippen LogP contribution in [0, 0.1) is 23.2 Å². The maximum Gasteiger partial charge on any atom is 0.0619 e. The molecule has 0 saturated heterocycles. The van der Waals surface area contributed by atoms with Gasteiger partial charge in [-0.2, -0.15) is 0 Å². The molecule has 32 heavy (non-hydrogen) atoms. The molecule has 1 unspecified atom stereocenters. The topological polar surface area (TPSA) is 55.5 Å². The quantitative estimate of drug-likeness (QED) is 0.416. The van der Waals surface area contributed by atoms with Crippen LogP contribution in [0.3, 0.4) is 0 Å². The first-order chi connectivity index (χ1) is 15.1. The fourth-order valence-electron chi connectivity index (χ4n) is 7.03. The SMILES string of the molecule is C=C1CC[C@H](OCCN)C/C1=C/C=C1\CCC[C@@]2(C)C1CC[C@@H]2[C@H](C)CCCC(C)(C)O. The Hall–Kier alpha value is -0.900. The Morgan fingerprint density at radius 3 is 2.75 bits per heavy atom. The van der Waals surface area contributed by atoms with E-state index in [2.05, 4.69) is 32.6 Å². The fraction of sp³-hybridized carbons (Fsp3) is 0.793. The minimum absolute atomic E-state index is 0.297. The van der Waals surface area contributed by atoms with Gasteiger partial charge in [-0.3, -0.25) is 0 Å². The van der Waals surface area contributed by atoms with E-state index in [0.29, 0.717) is 24.7 Å². The normalized spacial score (nSPS) is 34.8. The molecular weight excluding hydrogens is 394 g/mol. The predicted octanol–water partition coefficient (Wildman–Crippen LogP) is 6.72. The van der Waals surface area contributed by atoms with Crippen LogP contribution in [0.5, 0.6) is 0 Å². The monoisotopic (exact) mass is 443 g/mol. The molecule has 3 rings (SSSR count). The molecule has 0 aromatic heterocycles. The molecule has 3 aliphatic rings. The second-order valence-electron chi connectivity index (χ2n) is 11.8. The summed E-state index contributed by atoms with van der Waals surface area (Å²) in [6, 6.07) is 0. The summed E-state index contributed by atoms with van der Waals surface area (Å²) >= 11 is 0. The van der Waals surface area contributed by atoms with Crippen molar-refractivity contribution < 1.29 is 9.84 Å². The fourth-order valence-corrected chi connectivity index (χ4v) is 7.03. The molecule has 0 radical (unpaired) electrons. The van der Waals surface area contributed by atoms with Crippen molar-refractivity contribution in [1.82, 2.24) is 0 Å². The molecule has 3 fully saturated rings. The van der Waals surface area contributed by atoms with Gasteiger partial charge in [-0.1, -0.05) is 56.6 Å². The van der Waals surface area contributed by atoms with Crippen LogP contribution in [0.1, 0.15) is 98.3 Å². The van der Waals surface area contributed by atoms with E-state index in [1.165, 1.54) is 49.7 Å². The van der Waals surface area contributed by atoms with Gasteiger partial charge in [-0.05, 0) is 100 Å². The number of allylic oxidation sites excluding steroid dienone is 4. The third kappa shape index (κ3) is 6.36. The van der Waals surface area contributed by atoms with Crippen LogP contribution in [0.25, 0.3) is 0 Å². The molecule has 0 amide bonds. The lowest BCUT2D eigenvalue weighted by Gasteiger charge is -2.44. The predicted molar refractivity (Wildman–Crippen MR) is 135 cm³/mol. The summed E-state index contributed by atoms with van der Waals surface area (Å²) in [5, 5.41) is 10.1. The van der Waals surface area contributed by atoms with Crippen LogP contribution in [0.2, 0.25) is 0 Å². The highest BCUT2D eigenvalue weighted by atomic mass is 16.5. The molecule has 3 N–H and O–H groups in total. The van der Waals surface area contributed by atoms with Crippen molar-refractivity contribution in [3.05, 3.63) is 35.5 Å². The lowest BCUT2D eigenvalue weighted by Crippen LogP contribution is -2.36. The zero-order valence-electron chi connectivity index (χ0n) is 21.3. The number of rotatable bonds is 9. The van der Waals surface area contributed by atoms with Crippen LogP contribution < -0.4 is 5.73 Å². The number of fused-ring (bicyclic) bond motifs is 1. The van der Waals surface area contributed by atoms with E-state index >= 15 is 0 Å². The first-order valence-electron chi connectivity index (χ1n) is 13.3. The number of aliphatic hydroxyl groups is 1. The average Bonchev–Trinajstić information content (AvgIpc) is 3.08.